The minimum Gasteiger partial charge on any atom is -0.368 e. The summed E-state index contributed by atoms with van der Waals surface area (Å²) in [6.45, 7) is 3.05. The van der Waals surface area contributed by atoms with Gasteiger partial charge in [0.05, 0.1) is 0 Å². The largest absolute Gasteiger partial charge is 0.368 e. The Kier molecular flexibility index (Phi) is 2.73. The van der Waals surface area contributed by atoms with Gasteiger partial charge in [0.2, 0.25) is 5.91 Å². The van der Waals surface area contributed by atoms with Gasteiger partial charge in [-0.05, 0) is 37.4 Å². The van der Waals surface area contributed by atoms with Crippen LogP contribution in [0.2, 0.25) is 0 Å². The molecule has 0 heterocycles. The van der Waals surface area contributed by atoms with E-state index in [2.05, 4.69) is 0 Å². The van der Waals surface area contributed by atoms with Gasteiger partial charge in [-0.2, -0.15) is 0 Å². The lowest BCUT2D eigenvalue weighted by Gasteiger charge is -2.22. The number of rotatable bonds is 2. The fraction of sp³-hybridized carbons (Fsp3) is 0.750. The van der Waals surface area contributed by atoms with E-state index in [0.717, 1.165) is 3.94 Å². The second-order valence-electron chi connectivity index (χ2n) is 2.16. The molecule has 0 radical (unpaired) electrons. The quantitative estimate of drug-likeness (QED) is 0.626. The molecular formula is C4H8Cl2N2O. The number of halogens is 2. The number of primary amides is 1. The normalized spacial score (nSPS) is 12.1. The van der Waals surface area contributed by atoms with Crippen molar-refractivity contribution >= 4 is 29.5 Å². The third-order valence-electron chi connectivity index (χ3n) is 1.03. The topological polar surface area (TPSA) is 46.3 Å². The van der Waals surface area contributed by atoms with Crippen molar-refractivity contribution in [3.05, 3.63) is 0 Å². The summed E-state index contributed by atoms with van der Waals surface area (Å²) >= 11 is 10.5. The van der Waals surface area contributed by atoms with Crippen LogP contribution in [0.1, 0.15) is 13.8 Å². The van der Waals surface area contributed by atoms with Gasteiger partial charge >= 0.3 is 0 Å². The van der Waals surface area contributed by atoms with Crippen molar-refractivity contribution in [3.8, 4) is 0 Å². The Morgan fingerprint density at radius 3 is 1.89 bits per heavy atom. The zero-order chi connectivity index (χ0) is 7.65. The Hall–Kier alpha value is 0.01000. The lowest BCUT2D eigenvalue weighted by Crippen LogP contribution is -2.45. The first-order valence-corrected chi connectivity index (χ1v) is 2.98. The summed E-state index contributed by atoms with van der Waals surface area (Å²) in [6.07, 6.45) is 0. The van der Waals surface area contributed by atoms with Crippen molar-refractivity contribution in [2.24, 2.45) is 5.73 Å². The number of nitrogens with two attached hydrogens (primary N) is 1. The Bertz CT molecular complexity index is 124. The molecule has 0 aromatic carbocycles. The molecule has 2 N–H and O–H groups in total. The van der Waals surface area contributed by atoms with Gasteiger partial charge in [-0.25, -0.2) is 0 Å². The molecule has 0 aliphatic rings. The Balaban J connectivity index is 4.19. The summed E-state index contributed by atoms with van der Waals surface area (Å²) in [5.41, 5.74) is 3.92. The van der Waals surface area contributed by atoms with Crippen LogP contribution in [0.4, 0.5) is 0 Å². The number of nitrogens with zero attached hydrogens (tertiary/aromatic N) is 1. The molecule has 0 rings (SSSR count). The lowest BCUT2D eigenvalue weighted by molar-refractivity contribution is -0.124. The highest BCUT2D eigenvalue weighted by atomic mass is 35.5. The van der Waals surface area contributed by atoms with Crippen molar-refractivity contribution in [1.29, 1.82) is 0 Å². The molecule has 0 bridgehead atoms. The fourth-order valence-corrected chi connectivity index (χ4v) is 0.250. The van der Waals surface area contributed by atoms with E-state index in [0.29, 0.717) is 0 Å². The van der Waals surface area contributed by atoms with E-state index in [4.69, 9.17) is 29.3 Å². The van der Waals surface area contributed by atoms with Crippen LogP contribution in [-0.4, -0.2) is 15.4 Å². The highest BCUT2D eigenvalue weighted by Crippen LogP contribution is 2.18. The molecule has 0 aromatic rings. The first kappa shape index (κ1) is 9.01. The molecule has 0 aliphatic heterocycles. The van der Waals surface area contributed by atoms with E-state index in [-0.39, 0.29) is 0 Å². The van der Waals surface area contributed by atoms with Crippen LogP contribution in [0, 0.1) is 0 Å². The molecule has 54 valence electrons. The Morgan fingerprint density at radius 1 is 1.56 bits per heavy atom. The van der Waals surface area contributed by atoms with Crippen LogP contribution in [0.5, 0.6) is 0 Å². The molecular weight excluding hydrogens is 163 g/mol. The molecule has 9 heavy (non-hydrogen) atoms. The maximum absolute atomic E-state index is 10.5. The molecule has 0 spiro atoms. The molecule has 0 fully saturated rings. The Morgan fingerprint density at radius 2 is 1.89 bits per heavy atom. The van der Waals surface area contributed by atoms with E-state index < -0.39 is 11.4 Å². The van der Waals surface area contributed by atoms with Gasteiger partial charge in [-0.15, -0.1) is 3.94 Å². The molecule has 0 saturated carbocycles. The molecule has 1 amide bonds. The summed E-state index contributed by atoms with van der Waals surface area (Å²) in [4.78, 5) is 10.5. The Labute approximate surface area is 63.9 Å². The van der Waals surface area contributed by atoms with Crippen LogP contribution >= 0.6 is 23.6 Å². The first-order valence-electron chi connectivity index (χ1n) is 2.30. The van der Waals surface area contributed by atoms with Gasteiger partial charge in [0.1, 0.15) is 5.54 Å². The summed E-state index contributed by atoms with van der Waals surface area (Å²) < 4.78 is 0.731. The van der Waals surface area contributed by atoms with Crippen LogP contribution in [0.15, 0.2) is 0 Å². The van der Waals surface area contributed by atoms with Gasteiger partial charge < -0.3 is 5.73 Å². The van der Waals surface area contributed by atoms with Gasteiger partial charge in [0.25, 0.3) is 0 Å². The third kappa shape index (κ3) is 2.01. The lowest BCUT2D eigenvalue weighted by atomic mass is 10.1. The molecule has 0 atom stereocenters. The molecule has 0 aromatic heterocycles. The highest BCUT2D eigenvalue weighted by molar-refractivity contribution is 6.35. The minimum absolute atomic E-state index is 0.562. The third-order valence-corrected chi connectivity index (χ3v) is 1.87. The average Bonchev–Trinajstić information content (AvgIpc) is 1.65. The maximum atomic E-state index is 10.5. The first-order chi connectivity index (χ1) is 3.89. The van der Waals surface area contributed by atoms with Crippen LogP contribution < -0.4 is 5.73 Å². The number of hydrogen-bond donors (Lipinski definition) is 1. The highest BCUT2D eigenvalue weighted by Gasteiger charge is 2.30. The second-order valence-corrected chi connectivity index (χ2v) is 3.01. The summed E-state index contributed by atoms with van der Waals surface area (Å²) in [5, 5.41) is 0. The van der Waals surface area contributed by atoms with Crippen molar-refractivity contribution in [2.75, 3.05) is 0 Å². The maximum Gasteiger partial charge on any atom is 0.240 e. The molecule has 5 heteroatoms. The monoisotopic (exact) mass is 170 g/mol. The molecule has 3 nitrogen and oxygen atoms in total. The summed E-state index contributed by atoms with van der Waals surface area (Å²) in [6, 6.07) is 0. The molecule has 0 saturated heterocycles. The van der Waals surface area contributed by atoms with Crippen LogP contribution in [0.3, 0.4) is 0 Å². The predicted molar refractivity (Wildman–Crippen MR) is 36.8 cm³/mol. The summed E-state index contributed by atoms with van der Waals surface area (Å²) in [7, 11) is 0. The van der Waals surface area contributed by atoms with Gasteiger partial charge in [0, 0.05) is 0 Å². The van der Waals surface area contributed by atoms with Crippen LogP contribution in [0.25, 0.3) is 0 Å². The van der Waals surface area contributed by atoms with Crippen molar-refractivity contribution in [1.82, 2.24) is 3.94 Å². The molecule has 0 aliphatic carbocycles. The predicted octanol–water partition coefficient (Wildman–Crippen LogP) is 0.860. The zero-order valence-electron chi connectivity index (χ0n) is 5.19. The van der Waals surface area contributed by atoms with Gasteiger partial charge in [0.15, 0.2) is 0 Å². The SMILES string of the molecule is CC(C)(C(N)=O)N(Cl)Cl. The van der Waals surface area contributed by atoms with Gasteiger partial charge in [-0.1, -0.05) is 0 Å². The number of amides is 1. The zero-order valence-corrected chi connectivity index (χ0v) is 6.70. The molecule has 0 unspecified atom stereocenters. The minimum atomic E-state index is -0.997. The van der Waals surface area contributed by atoms with E-state index in [1.807, 2.05) is 0 Å². The van der Waals surface area contributed by atoms with Gasteiger partial charge in [-0.3, -0.25) is 4.79 Å². The van der Waals surface area contributed by atoms with E-state index >= 15 is 0 Å². The van der Waals surface area contributed by atoms with E-state index in [1.54, 1.807) is 0 Å². The van der Waals surface area contributed by atoms with E-state index in [9.17, 15) is 4.79 Å². The average molecular weight is 171 g/mol. The van der Waals surface area contributed by atoms with Crippen molar-refractivity contribution in [3.63, 3.8) is 0 Å². The number of carbonyl (C=O) groups excluding carboxylic acids is 1. The van der Waals surface area contributed by atoms with Crippen LogP contribution in [-0.2, 0) is 4.79 Å². The van der Waals surface area contributed by atoms with E-state index in [1.165, 1.54) is 13.8 Å². The van der Waals surface area contributed by atoms with Crippen molar-refractivity contribution < 1.29 is 4.79 Å². The number of carbonyl (C=O) groups is 1. The standard InChI is InChI=1S/C4H8Cl2N2O/c1-4(2,3(7)9)8(5)6/h1-2H3,(H2,7,9). The smallest absolute Gasteiger partial charge is 0.240 e. The second kappa shape index (κ2) is 2.73. The fourth-order valence-electron chi connectivity index (χ4n) is 0.0833. The van der Waals surface area contributed by atoms with Crippen molar-refractivity contribution in [2.45, 2.75) is 19.4 Å². The summed E-state index contributed by atoms with van der Waals surface area (Å²) in [5.74, 6) is -0.562. The number of hydrogen-bond acceptors (Lipinski definition) is 2.